The van der Waals surface area contributed by atoms with Crippen LogP contribution in [0.3, 0.4) is 0 Å². The van der Waals surface area contributed by atoms with Gasteiger partial charge in [0.05, 0.1) is 29.1 Å². The molecule has 2 heterocycles. The number of anilines is 1. The molecule has 168 valence electrons. The molecule has 4 rings (SSSR count). The number of benzene rings is 2. The average molecular weight is 455 g/mol. The Balaban J connectivity index is 1.88. The minimum absolute atomic E-state index is 0.0271. The zero-order valence-electron chi connectivity index (χ0n) is 18.3. The van der Waals surface area contributed by atoms with Crippen LogP contribution in [-0.2, 0) is 21.1 Å². The minimum atomic E-state index is -3.95. The summed E-state index contributed by atoms with van der Waals surface area (Å²) in [6.45, 7) is 4.92. The first-order valence-electron chi connectivity index (χ1n) is 10.4. The van der Waals surface area contributed by atoms with Gasteiger partial charge >= 0.3 is 0 Å². The van der Waals surface area contributed by atoms with Gasteiger partial charge < -0.3 is 19.8 Å². The second-order valence-electron chi connectivity index (χ2n) is 7.70. The van der Waals surface area contributed by atoms with Crippen LogP contribution in [0.5, 0.6) is 5.75 Å². The lowest BCUT2D eigenvalue weighted by atomic mass is 10.3. The summed E-state index contributed by atoms with van der Waals surface area (Å²) >= 11 is 0. The van der Waals surface area contributed by atoms with Crippen molar-refractivity contribution in [1.82, 2.24) is 14.5 Å². The quantitative estimate of drug-likeness (QED) is 0.403. The smallest absolute Gasteiger partial charge is 0.212 e. The summed E-state index contributed by atoms with van der Waals surface area (Å²) in [5.41, 5.74) is 8.42. The molecule has 2 N–H and O–H groups in total. The molecule has 9 heteroatoms. The van der Waals surface area contributed by atoms with Crippen molar-refractivity contribution in [1.29, 1.82) is 0 Å². The molecule has 0 bridgehead atoms. The number of nitrogens with zero attached hydrogens (tertiary/aromatic N) is 3. The van der Waals surface area contributed by atoms with Crippen molar-refractivity contribution in [2.75, 3.05) is 19.5 Å². The Bertz CT molecular complexity index is 1360. The summed E-state index contributed by atoms with van der Waals surface area (Å²) in [5, 5.41) is 0. The number of nitrogen functional groups attached to an aromatic ring is 1. The molecular formula is C23H26N4O4S. The van der Waals surface area contributed by atoms with Gasteiger partial charge in [-0.05, 0) is 56.7 Å². The van der Waals surface area contributed by atoms with Crippen LogP contribution in [0.4, 0.5) is 5.82 Å². The molecule has 0 aliphatic carbocycles. The Morgan fingerprint density at radius 1 is 1.03 bits per heavy atom. The fraction of sp³-hybridized carbons (Fsp3) is 0.304. The first-order chi connectivity index (χ1) is 15.3. The number of methoxy groups -OCH3 is 1. The maximum absolute atomic E-state index is 13.6. The molecule has 4 aromatic rings. The van der Waals surface area contributed by atoms with Crippen molar-refractivity contribution < 1.29 is 17.9 Å². The van der Waals surface area contributed by atoms with E-state index in [1.165, 1.54) is 19.2 Å². The largest absolute Gasteiger partial charge is 0.497 e. The fourth-order valence-electron chi connectivity index (χ4n) is 3.59. The van der Waals surface area contributed by atoms with Crippen molar-refractivity contribution >= 4 is 37.9 Å². The van der Waals surface area contributed by atoms with E-state index in [9.17, 15) is 8.42 Å². The van der Waals surface area contributed by atoms with E-state index < -0.39 is 9.84 Å². The van der Waals surface area contributed by atoms with Gasteiger partial charge in [-0.3, -0.25) is 0 Å². The fourth-order valence-corrected chi connectivity index (χ4v) is 5.10. The number of rotatable bonds is 8. The highest BCUT2D eigenvalue weighted by molar-refractivity contribution is 7.92. The SMILES string of the molecule is COc1ccc(S(=O)(=O)c2c(N)n(CCCOC(C)C)c3nc4ccccc4nc23)cc1. The molecule has 0 fully saturated rings. The Hall–Kier alpha value is -3.17. The highest BCUT2D eigenvalue weighted by atomic mass is 32.2. The number of fused-ring (bicyclic) bond motifs is 2. The van der Waals surface area contributed by atoms with Crippen LogP contribution in [0.2, 0.25) is 0 Å². The highest BCUT2D eigenvalue weighted by Crippen LogP contribution is 2.35. The number of ether oxygens (including phenoxy) is 2. The van der Waals surface area contributed by atoms with Gasteiger partial charge in [-0.15, -0.1) is 0 Å². The van der Waals surface area contributed by atoms with Gasteiger partial charge in [0.2, 0.25) is 9.84 Å². The predicted molar refractivity (Wildman–Crippen MR) is 124 cm³/mol. The zero-order valence-corrected chi connectivity index (χ0v) is 19.1. The minimum Gasteiger partial charge on any atom is -0.497 e. The topological polar surface area (TPSA) is 109 Å². The summed E-state index contributed by atoms with van der Waals surface area (Å²) in [6.07, 6.45) is 0.770. The maximum Gasteiger partial charge on any atom is 0.212 e. The second kappa shape index (κ2) is 8.76. The molecule has 0 unspecified atom stereocenters. The van der Waals surface area contributed by atoms with E-state index >= 15 is 0 Å². The lowest BCUT2D eigenvalue weighted by Gasteiger charge is -2.10. The molecule has 8 nitrogen and oxygen atoms in total. The van der Waals surface area contributed by atoms with E-state index in [0.29, 0.717) is 42.0 Å². The molecule has 0 amide bonds. The van der Waals surface area contributed by atoms with Crippen molar-refractivity contribution in [2.45, 2.75) is 42.7 Å². The maximum atomic E-state index is 13.6. The summed E-state index contributed by atoms with van der Waals surface area (Å²) in [7, 11) is -2.42. The van der Waals surface area contributed by atoms with Crippen molar-refractivity contribution in [3.63, 3.8) is 0 Å². The predicted octanol–water partition coefficient (Wildman–Crippen LogP) is 3.82. The van der Waals surface area contributed by atoms with Gasteiger partial charge in [0.15, 0.2) is 5.65 Å². The Morgan fingerprint density at radius 2 is 1.69 bits per heavy atom. The van der Waals surface area contributed by atoms with E-state index in [1.54, 1.807) is 22.8 Å². The molecule has 2 aromatic heterocycles. The monoisotopic (exact) mass is 454 g/mol. The van der Waals surface area contributed by atoms with Crippen molar-refractivity contribution in [2.24, 2.45) is 0 Å². The van der Waals surface area contributed by atoms with Gasteiger partial charge in [-0.1, -0.05) is 12.1 Å². The van der Waals surface area contributed by atoms with Crippen LogP contribution < -0.4 is 10.5 Å². The van der Waals surface area contributed by atoms with E-state index in [2.05, 4.69) is 4.98 Å². The first kappa shape index (κ1) is 22.0. The molecule has 2 aromatic carbocycles. The Morgan fingerprint density at radius 3 is 2.31 bits per heavy atom. The zero-order chi connectivity index (χ0) is 22.9. The molecule has 0 radical (unpaired) electrons. The number of hydrogen-bond acceptors (Lipinski definition) is 7. The Kier molecular flexibility index (Phi) is 6.03. The molecule has 0 atom stereocenters. The molecule has 0 saturated carbocycles. The van der Waals surface area contributed by atoms with E-state index in [4.69, 9.17) is 20.2 Å². The first-order valence-corrected chi connectivity index (χ1v) is 11.9. The Labute approximate surface area is 186 Å². The number of aromatic nitrogens is 3. The average Bonchev–Trinajstić information content (AvgIpc) is 3.05. The normalized spacial score (nSPS) is 12.1. The lowest BCUT2D eigenvalue weighted by Crippen LogP contribution is -2.11. The second-order valence-corrected chi connectivity index (χ2v) is 9.59. The van der Waals surface area contributed by atoms with Gasteiger partial charge in [0.1, 0.15) is 22.0 Å². The van der Waals surface area contributed by atoms with Crippen LogP contribution in [0.1, 0.15) is 20.3 Å². The number of hydrogen-bond donors (Lipinski definition) is 1. The number of sulfone groups is 1. The summed E-state index contributed by atoms with van der Waals surface area (Å²) < 4.78 is 39.7. The van der Waals surface area contributed by atoms with Crippen molar-refractivity contribution in [3.8, 4) is 5.75 Å². The third kappa shape index (κ3) is 4.01. The van der Waals surface area contributed by atoms with Crippen LogP contribution in [0.25, 0.3) is 22.2 Å². The van der Waals surface area contributed by atoms with Crippen molar-refractivity contribution in [3.05, 3.63) is 48.5 Å². The van der Waals surface area contributed by atoms with Gasteiger partial charge in [-0.25, -0.2) is 18.4 Å². The molecule has 0 saturated heterocycles. The molecule has 0 aliphatic heterocycles. The number of nitrogens with two attached hydrogens (primary N) is 1. The van der Waals surface area contributed by atoms with Crippen LogP contribution in [0.15, 0.2) is 58.3 Å². The number of aryl methyl sites for hydroxylation is 1. The lowest BCUT2D eigenvalue weighted by molar-refractivity contribution is 0.0751. The van der Waals surface area contributed by atoms with Gasteiger partial charge in [0, 0.05) is 13.2 Å². The van der Waals surface area contributed by atoms with E-state index in [-0.39, 0.29) is 27.2 Å². The molecule has 0 aliphatic rings. The summed E-state index contributed by atoms with van der Waals surface area (Å²) in [5.74, 6) is 0.686. The standard InChI is InChI=1S/C23H26N4O4S/c1-15(2)31-14-6-13-27-22(24)21(32(28,29)17-11-9-16(30-3)10-12-17)20-23(27)26-19-8-5-4-7-18(19)25-20/h4-5,7-12,15H,6,13-14,24H2,1-3H3. The van der Waals surface area contributed by atoms with Crippen LogP contribution in [0, 0.1) is 0 Å². The third-order valence-electron chi connectivity index (χ3n) is 5.16. The highest BCUT2D eigenvalue weighted by Gasteiger charge is 2.30. The summed E-state index contributed by atoms with van der Waals surface area (Å²) in [6, 6.07) is 13.6. The van der Waals surface area contributed by atoms with Crippen LogP contribution >= 0.6 is 0 Å². The third-order valence-corrected chi connectivity index (χ3v) is 6.99. The van der Waals surface area contributed by atoms with E-state index in [1.807, 2.05) is 32.0 Å². The van der Waals surface area contributed by atoms with Gasteiger partial charge in [-0.2, -0.15) is 0 Å². The van der Waals surface area contributed by atoms with E-state index in [0.717, 1.165) is 0 Å². The molecule has 32 heavy (non-hydrogen) atoms. The number of para-hydroxylation sites is 2. The summed E-state index contributed by atoms with van der Waals surface area (Å²) in [4.78, 5) is 9.43. The molecular weight excluding hydrogens is 428 g/mol. The van der Waals surface area contributed by atoms with Crippen LogP contribution in [-0.4, -0.2) is 42.8 Å². The molecule has 0 spiro atoms. The van der Waals surface area contributed by atoms with Gasteiger partial charge in [0.25, 0.3) is 0 Å².